The molecule has 0 heterocycles. The van der Waals surface area contributed by atoms with Crippen LogP contribution in [0.5, 0.6) is 0 Å². The fourth-order valence-corrected chi connectivity index (χ4v) is 1.76. The lowest BCUT2D eigenvalue weighted by Gasteiger charge is -2.15. The van der Waals surface area contributed by atoms with Crippen LogP contribution in [0.15, 0.2) is 18.2 Å². The molecular formula is C14H15F2N3O2. The average molecular weight is 295 g/mol. The van der Waals surface area contributed by atoms with Gasteiger partial charge in [0.1, 0.15) is 17.7 Å². The molecule has 0 saturated heterocycles. The smallest absolute Gasteiger partial charge is 0.252 e. The molecule has 1 atom stereocenters. The highest BCUT2D eigenvalue weighted by Crippen LogP contribution is 2.09. The number of benzene rings is 1. The second-order valence-corrected chi connectivity index (χ2v) is 4.49. The van der Waals surface area contributed by atoms with Crippen molar-refractivity contribution in [2.75, 3.05) is 0 Å². The van der Waals surface area contributed by atoms with Crippen LogP contribution in [0.3, 0.4) is 0 Å². The molecule has 1 aromatic carbocycles. The number of nitrogens with two attached hydrogens (primary N) is 1. The molecule has 1 rings (SSSR count). The minimum atomic E-state index is -0.942. The lowest BCUT2D eigenvalue weighted by atomic mass is 10.1. The fraction of sp³-hybridized carbons (Fsp3) is 0.357. The Hall–Kier alpha value is -2.49. The summed E-state index contributed by atoms with van der Waals surface area (Å²) in [5.41, 5.74) is 4.94. The van der Waals surface area contributed by atoms with Crippen LogP contribution >= 0.6 is 0 Å². The molecule has 3 N–H and O–H groups in total. The van der Waals surface area contributed by atoms with Gasteiger partial charge in [0.05, 0.1) is 6.07 Å². The first kappa shape index (κ1) is 16.6. The van der Waals surface area contributed by atoms with Gasteiger partial charge >= 0.3 is 0 Å². The lowest BCUT2D eigenvalue weighted by Crippen LogP contribution is -2.44. The van der Waals surface area contributed by atoms with Gasteiger partial charge < -0.3 is 11.1 Å². The summed E-state index contributed by atoms with van der Waals surface area (Å²) < 4.78 is 26.1. The van der Waals surface area contributed by atoms with Crippen LogP contribution in [0.1, 0.15) is 36.0 Å². The quantitative estimate of drug-likeness (QED) is 0.748. The summed E-state index contributed by atoms with van der Waals surface area (Å²) in [5.74, 6) is -3.29. The lowest BCUT2D eigenvalue weighted by molar-refractivity contribution is -0.120. The summed E-state index contributed by atoms with van der Waals surface area (Å²) >= 11 is 0. The van der Waals surface area contributed by atoms with E-state index in [4.69, 9.17) is 11.0 Å². The van der Waals surface area contributed by atoms with E-state index < -0.39 is 29.5 Å². The van der Waals surface area contributed by atoms with Gasteiger partial charge in [-0.15, -0.1) is 0 Å². The van der Waals surface area contributed by atoms with Crippen molar-refractivity contribution in [3.63, 3.8) is 0 Å². The van der Waals surface area contributed by atoms with Gasteiger partial charge in [-0.3, -0.25) is 9.59 Å². The number of nitrogens with one attached hydrogen (secondary N) is 1. The molecule has 112 valence electrons. The molecule has 0 spiro atoms. The number of unbranched alkanes of at least 4 members (excludes halogenated alkanes) is 2. The topological polar surface area (TPSA) is 96.0 Å². The summed E-state index contributed by atoms with van der Waals surface area (Å²) in [5, 5.41) is 10.7. The Bertz CT molecular complexity index is 550. The number of halogens is 2. The Morgan fingerprint density at radius 3 is 2.38 bits per heavy atom. The van der Waals surface area contributed by atoms with Crippen LogP contribution in [0, 0.1) is 23.0 Å². The van der Waals surface area contributed by atoms with E-state index in [1.54, 1.807) is 0 Å². The highest BCUT2D eigenvalue weighted by Gasteiger charge is 2.19. The Morgan fingerprint density at radius 1 is 1.24 bits per heavy atom. The fourth-order valence-electron chi connectivity index (χ4n) is 1.76. The number of nitrogens with zero attached hydrogens (tertiary/aromatic N) is 1. The first-order valence-corrected chi connectivity index (χ1v) is 6.37. The minimum absolute atomic E-state index is 0.226. The van der Waals surface area contributed by atoms with E-state index in [1.807, 2.05) is 6.07 Å². The van der Waals surface area contributed by atoms with Crippen LogP contribution in [0.25, 0.3) is 0 Å². The number of amides is 2. The number of rotatable bonds is 7. The van der Waals surface area contributed by atoms with Gasteiger partial charge in [-0.1, -0.05) is 0 Å². The number of primary amides is 1. The van der Waals surface area contributed by atoms with E-state index in [-0.39, 0.29) is 12.0 Å². The zero-order chi connectivity index (χ0) is 15.8. The van der Waals surface area contributed by atoms with E-state index in [9.17, 15) is 18.4 Å². The number of nitriles is 1. The number of carbonyl (C=O) groups is 2. The monoisotopic (exact) mass is 295 g/mol. The molecule has 0 aliphatic carbocycles. The average Bonchev–Trinajstić information content (AvgIpc) is 2.40. The third-order valence-electron chi connectivity index (χ3n) is 2.80. The van der Waals surface area contributed by atoms with E-state index in [2.05, 4.69) is 5.32 Å². The first-order valence-electron chi connectivity index (χ1n) is 6.37. The second kappa shape index (κ2) is 7.94. The van der Waals surface area contributed by atoms with Crippen LogP contribution < -0.4 is 11.1 Å². The van der Waals surface area contributed by atoms with Gasteiger partial charge in [-0.05, 0) is 31.4 Å². The van der Waals surface area contributed by atoms with Gasteiger partial charge in [0, 0.05) is 18.1 Å². The molecule has 0 aromatic heterocycles. The number of hydrogen-bond acceptors (Lipinski definition) is 3. The van der Waals surface area contributed by atoms with Crippen molar-refractivity contribution in [1.82, 2.24) is 5.32 Å². The molecule has 0 saturated carbocycles. The van der Waals surface area contributed by atoms with Crippen LogP contribution in [-0.4, -0.2) is 17.9 Å². The molecule has 21 heavy (non-hydrogen) atoms. The summed E-state index contributed by atoms with van der Waals surface area (Å²) in [4.78, 5) is 23.1. The molecule has 7 heteroatoms. The molecule has 1 aromatic rings. The van der Waals surface area contributed by atoms with Crippen molar-refractivity contribution in [3.05, 3.63) is 35.4 Å². The van der Waals surface area contributed by atoms with E-state index in [1.165, 1.54) is 0 Å². The molecule has 0 radical (unpaired) electrons. The largest absolute Gasteiger partial charge is 0.368 e. The molecule has 0 aliphatic heterocycles. The summed E-state index contributed by atoms with van der Waals surface area (Å²) in [6, 6.07) is 3.40. The van der Waals surface area contributed by atoms with Crippen LogP contribution in [0.2, 0.25) is 0 Å². The first-order chi connectivity index (χ1) is 9.93. The van der Waals surface area contributed by atoms with Gasteiger partial charge in [-0.2, -0.15) is 5.26 Å². The molecule has 0 bridgehead atoms. The van der Waals surface area contributed by atoms with Crippen LogP contribution in [-0.2, 0) is 4.79 Å². The molecule has 0 fully saturated rings. The Labute approximate surface area is 120 Å². The summed E-state index contributed by atoms with van der Waals surface area (Å²) in [7, 11) is 0. The molecule has 0 unspecified atom stereocenters. The van der Waals surface area contributed by atoms with Crippen molar-refractivity contribution in [3.8, 4) is 6.07 Å². The maximum atomic E-state index is 13.0. The van der Waals surface area contributed by atoms with Crippen molar-refractivity contribution in [1.29, 1.82) is 5.26 Å². The highest BCUT2D eigenvalue weighted by molar-refractivity contribution is 5.97. The van der Waals surface area contributed by atoms with Gasteiger partial charge in [-0.25, -0.2) is 8.78 Å². The zero-order valence-electron chi connectivity index (χ0n) is 11.2. The maximum absolute atomic E-state index is 13.0. The molecule has 0 aliphatic rings. The van der Waals surface area contributed by atoms with Gasteiger partial charge in [0.15, 0.2) is 0 Å². The van der Waals surface area contributed by atoms with Crippen molar-refractivity contribution in [2.24, 2.45) is 5.73 Å². The SMILES string of the molecule is N#CCCCC[C@H](NC(=O)c1cc(F)cc(F)c1)C(N)=O. The standard InChI is InChI=1S/C14H15F2N3O2/c15-10-6-9(7-11(16)8-10)14(21)19-12(13(18)20)4-2-1-3-5-17/h6-8,12H,1-4H2,(H2,18,20)(H,19,21)/t12-/m0/s1. The second-order valence-electron chi connectivity index (χ2n) is 4.49. The Kier molecular flexibility index (Phi) is 6.27. The summed E-state index contributed by atoms with van der Waals surface area (Å²) in [6.45, 7) is 0. The van der Waals surface area contributed by atoms with E-state index >= 15 is 0 Å². The van der Waals surface area contributed by atoms with Gasteiger partial charge in [0.2, 0.25) is 5.91 Å². The highest BCUT2D eigenvalue weighted by atomic mass is 19.1. The molecule has 2 amide bonds. The number of carbonyl (C=O) groups excluding carboxylic acids is 2. The van der Waals surface area contributed by atoms with Crippen molar-refractivity contribution >= 4 is 11.8 Å². The molecular weight excluding hydrogens is 280 g/mol. The summed E-state index contributed by atoms with van der Waals surface area (Å²) in [6.07, 6.45) is 1.71. The molecule has 5 nitrogen and oxygen atoms in total. The normalized spacial score (nSPS) is 11.5. The third kappa shape index (κ3) is 5.57. The maximum Gasteiger partial charge on any atom is 0.252 e. The zero-order valence-corrected chi connectivity index (χ0v) is 11.2. The predicted molar refractivity (Wildman–Crippen MR) is 70.9 cm³/mol. The predicted octanol–water partition coefficient (Wildman–Crippen LogP) is 1.63. The Morgan fingerprint density at radius 2 is 1.86 bits per heavy atom. The third-order valence-corrected chi connectivity index (χ3v) is 2.80. The number of hydrogen-bond donors (Lipinski definition) is 2. The Balaban J connectivity index is 2.68. The van der Waals surface area contributed by atoms with E-state index in [0.717, 1.165) is 12.1 Å². The van der Waals surface area contributed by atoms with Gasteiger partial charge in [0.25, 0.3) is 5.91 Å². The van der Waals surface area contributed by atoms with Crippen molar-refractivity contribution < 1.29 is 18.4 Å². The van der Waals surface area contributed by atoms with Crippen LogP contribution in [0.4, 0.5) is 8.78 Å². The van der Waals surface area contributed by atoms with E-state index in [0.29, 0.717) is 25.3 Å². The van der Waals surface area contributed by atoms with Crippen molar-refractivity contribution in [2.45, 2.75) is 31.7 Å². The minimum Gasteiger partial charge on any atom is -0.368 e.